The maximum absolute atomic E-state index is 12.6. The number of nitrogens with zero attached hydrogens (tertiary/aromatic N) is 2. The van der Waals surface area contributed by atoms with Gasteiger partial charge in [0, 0.05) is 18.5 Å². The van der Waals surface area contributed by atoms with Gasteiger partial charge in [-0.15, -0.1) is 0 Å². The first kappa shape index (κ1) is 15.8. The molecule has 0 fully saturated rings. The van der Waals surface area contributed by atoms with Gasteiger partial charge in [-0.2, -0.15) is 0 Å². The number of nitro groups is 1. The molecule has 9 heteroatoms. The first-order chi connectivity index (χ1) is 11.4. The first-order valence-corrected chi connectivity index (χ1v) is 7.26. The van der Waals surface area contributed by atoms with E-state index >= 15 is 0 Å². The predicted octanol–water partition coefficient (Wildman–Crippen LogP) is 0.988. The van der Waals surface area contributed by atoms with Crippen LogP contribution in [0, 0.1) is 10.1 Å². The summed E-state index contributed by atoms with van der Waals surface area (Å²) in [5.41, 5.74) is -0.0662. The van der Waals surface area contributed by atoms with Crippen molar-refractivity contribution < 1.29 is 19.2 Å². The number of hydrogen-bond acceptors (Lipinski definition) is 6. The van der Waals surface area contributed by atoms with Crippen molar-refractivity contribution in [2.45, 2.75) is 13.0 Å². The predicted molar refractivity (Wildman–Crippen MR) is 84.6 cm³/mol. The molecule has 2 aromatic rings. The number of benzene rings is 1. The van der Waals surface area contributed by atoms with Gasteiger partial charge in [0.15, 0.2) is 18.1 Å². The number of likely N-dealkylation sites (N-methyl/N-ethyl adjacent to an activating group) is 1. The molecule has 126 valence electrons. The van der Waals surface area contributed by atoms with Crippen molar-refractivity contribution in [2.75, 3.05) is 20.3 Å². The Morgan fingerprint density at radius 2 is 2.25 bits per heavy atom. The van der Waals surface area contributed by atoms with E-state index < -0.39 is 10.5 Å². The van der Waals surface area contributed by atoms with Gasteiger partial charge in [0.05, 0.1) is 22.5 Å². The van der Waals surface area contributed by atoms with Gasteiger partial charge in [-0.05, 0) is 13.0 Å². The van der Waals surface area contributed by atoms with E-state index in [2.05, 4.69) is 5.32 Å². The minimum absolute atomic E-state index is 0.0358. The summed E-state index contributed by atoms with van der Waals surface area (Å²) in [6.07, 6.45) is 0. The molecule has 0 spiro atoms. The number of aromatic nitrogens is 1. The Kier molecular flexibility index (Phi) is 3.84. The number of amides is 1. The second kappa shape index (κ2) is 5.84. The highest BCUT2D eigenvalue weighted by molar-refractivity contribution is 5.89. The number of nitrogens with one attached hydrogen (secondary N) is 1. The van der Waals surface area contributed by atoms with E-state index in [1.807, 2.05) is 0 Å². The lowest BCUT2D eigenvalue weighted by atomic mass is 10.1. The van der Waals surface area contributed by atoms with Gasteiger partial charge in [0.2, 0.25) is 0 Å². The van der Waals surface area contributed by atoms with Crippen molar-refractivity contribution in [2.24, 2.45) is 0 Å². The van der Waals surface area contributed by atoms with Crippen LogP contribution in [0.5, 0.6) is 11.5 Å². The van der Waals surface area contributed by atoms with Crippen LogP contribution in [0.3, 0.4) is 0 Å². The van der Waals surface area contributed by atoms with E-state index in [1.54, 1.807) is 6.92 Å². The molecule has 0 aliphatic carbocycles. The quantitative estimate of drug-likeness (QED) is 0.659. The van der Waals surface area contributed by atoms with Crippen molar-refractivity contribution >= 4 is 22.5 Å². The van der Waals surface area contributed by atoms with Gasteiger partial charge in [-0.25, -0.2) is 0 Å². The second-order valence-corrected chi connectivity index (χ2v) is 5.44. The van der Waals surface area contributed by atoms with E-state index in [1.165, 1.54) is 29.8 Å². The molecule has 0 unspecified atom stereocenters. The fourth-order valence-corrected chi connectivity index (χ4v) is 2.65. The third-order valence-electron chi connectivity index (χ3n) is 3.82. The summed E-state index contributed by atoms with van der Waals surface area (Å²) in [6.45, 7) is 1.69. The number of pyridine rings is 1. The zero-order valence-corrected chi connectivity index (χ0v) is 13.1. The normalized spacial score (nSPS) is 15.7. The monoisotopic (exact) mass is 333 g/mol. The van der Waals surface area contributed by atoms with Crippen LogP contribution in [0.1, 0.15) is 13.0 Å². The molecule has 1 N–H and O–H groups in total. The summed E-state index contributed by atoms with van der Waals surface area (Å²) in [5, 5.41) is 13.9. The van der Waals surface area contributed by atoms with Crippen LogP contribution in [0.2, 0.25) is 0 Å². The second-order valence-electron chi connectivity index (χ2n) is 5.44. The van der Waals surface area contributed by atoms with Gasteiger partial charge in [0.25, 0.3) is 17.2 Å². The number of carbonyl (C=O) groups excluding carboxylic acids is 1. The van der Waals surface area contributed by atoms with Crippen molar-refractivity contribution in [1.29, 1.82) is 0 Å². The number of rotatable bonds is 4. The Balaban J connectivity index is 2.22. The molecule has 1 atom stereocenters. The topological polar surface area (TPSA) is 113 Å². The van der Waals surface area contributed by atoms with Gasteiger partial charge in [-0.1, -0.05) is 0 Å². The number of nitro benzene ring substituents is 1. The SMILES string of the molecule is CNC(=O)COc1cc2cc([N+](=O)[O-])cc3c2n(c1=O)[C@@H](C)CO3. The maximum atomic E-state index is 12.6. The van der Waals surface area contributed by atoms with Crippen molar-refractivity contribution in [3.05, 3.63) is 38.7 Å². The molecule has 1 amide bonds. The van der Waals surface area contributed by atoms with E-state index in [0.717, 1.165) is 0 Å². The summed E-state index contributed by atoms with van der Waals surface area (Å²) in [6, 6.07) is 3.78. The van der Waals surface area contributed by atoms with Crippen molar-refractivity contribution in [3.8, 4) is 11.5 Å². The van der Waals surface area contributed by atoms with Gasteiger partial charge in [0.1, 0.15) is 6.61 Å². The molecule has 1 aliphatic heterocycles. The fourth-order valence-electron chi connectivity index (χ4n) is 2.65. The maximum Gasteiger partial charge on any atom is 0.293 e. The van der Waals surface area contributed by atoms with Crippen LogP contribution in [-0.4, -0.2) is 35.7 Å². The molecule has 1 aliphatic rings. The van der Waals surface area contributed by atoms with Crippen LogP contribution < -0.4 is 20.3 Å². The molecular weight excluding hydrogens is 318 g/mol. The van der Waals surface area contributed by atoms with Crippen molar-refractivity contribution in [1.82, 2.24) is 9.88 Å². The fraction of sp³-hybridized carbons (Fsp3) is 0.333. The number of hydrogen-bond donors (Lipinski definition) is 1. The van der Waals surface area contributed by atoms with Crippen LogP contribution >= 0.6 is 0 Å². The van der Waals surface area contributed by atoms with E-state index in [0.29, 0.717) is 10.9 Å². The summed E-state index contributed by atoms with van der Waals surface area (Å²) in [4.78, 5) is 34.5. The van der Waals surface area contributed by atoms with Gasteiger partial charge < -0.3 is 14.8 Å². The molecule has 0 saturated heterocycles. The average Bonchev–Trinajstić information content (AvgIpc) is 2.56. The molecular formula is C15H15N3O6. The Morgan fingerprint density at radius 1 is 1.50 bits per heavy atom. The summed E-state index contributed by atoms with van der Waals surface area (Å²) < 4.78 is 12.3. The average molecular weight is 333 g/mol. The van der Waals surface area contributed by atoms with Crippen LogP contribution in [0.15, 0.2) is 23.0 Å². The van der Waals surface area contributed by atoms with Gasteiger partial charge in [-0.3, -0.25) is 24.3 Å². The zero-order chi connectivity index (χ0) is 17.4. The van der Waals surface area contributed by atoms with Crippen LogP contribution in [-0.2, 0) is 4.79 Å². The highest BCUT2D eigenvalue weighted by atomic mass is 16.6. The van der Waals surface area contributed by atoms with E-state index in [9.17, 15) is 19.7 Å². The lowest BCUT2D eigenvalue weighted by molar-refractivity contribution is -0.384. The molecule has 24 heavy (non-hydrogen) atoms. The molecule has 0 radical (unpaired) electrons. The summed E-state index contributed by atoms with van der Waals surface area (Å²) >= 11 is 0. The summed E-state index contributed by atoms with van der Waals surface area (Å²) in [7, 11) is 1.46. The van der Waals surface area contributed by atoms with Crippen molar-refractivity contribution in [3.63, 3.8) is 0 Å². The zero-order valence-electron chi connectivity index (χ0n) is 13.1. The summed E-state index contributed by atoms with van der Waals surface area (Å²) in [5.74, 6) is -0.136. The minimum Gasteiger partial charge on any atom is -0.489 e. The third-order valence-corrected chi connectivity index (χ3v) is 3.82. The van der Waals surface area contributed by atoms with Crippen LogP contribution in [0.25, 0.3) is 10.9 Å². The molecule has 1 aromatic heterocycles. The Hall–Kier alpha value is -3.10. The smallest absolute Gasteiger partial charge is 0.293 e. The highest BCUT2D eigenvalue weighted by Crippen LogP contribution is 2.36. The molecule has 0 saturated carbocycles. The van der Waals surface area contributed by atoms with E-state index in [-0.39, 0.29) is 42.3 Å². The Labute approximate surface area is 135 Å². The largest absolute Gasteiger partial charge is 0.489 e. The Morgan fingerprint density at radius 3 is 2.92 bits per heavy atom. The molecule has 1 aromatic carbocycles. The molecule has 9 nitrogen and oxygen atoms in total. The lowest BCUT2D eigenvalue weighted by Crippen LogP contribution is -2.33. The van der Waals surface area contributed by atoms with E-state index in [4.69, 9.17) is 9.47 Å². The number of non-ortho nitro benzene ring substituents is 1. The number of ether oxygens (including phenoxy) is 2. The lowest BCUT2D eigenvalue weighted by Gasteiger charge is -2.26. The molecule has 3 rings (SSSR count). The number of carbonyl (C=O) groups is 1. The Bertz CT molecular complexity index is 904. The standard InChI is InChI=1S/C15H15N3O6/c1-8-6-23-11-5-10(18(21)22)3-9-4-12(24-7-13(19)16-2)15(20)17(8)14(9)11/h3-5,8H,6-7H2,1-2H3,(H,16,19)/t8-/m0/s1. The van der Waals surface area contributed by atoms with Gasteiger partial charge >= 0.3 is 0 Å². The third kappa shape index (κ3) is 2.53. The minimum atomic E-state index is -0.530. The highest BCUT2D eigenvalue weighted by Gasteiger charge is 2.25. The first-order valence-electron chi connectivity index (χ1n) is 7.26. The molecule has 0 bridgehead atoms. The van der Waals surface area contributed by atoms with Crippen LogP contribution in [0.4, 0.5) is 5.69 Å². The molecule has 2 heterocycles.